The van der Waals surface area contributed by atoms with Crippen LogP contribution in [0.2, 0.25) is 0 Å². The minimum atomic E-state index is -4.45. The molecule has 0 bridgehead atoms. The molecule has 0 saturated carbocycles. The molecule has 0 amide bonds. The first-order chi connectivity index (χ1) is 18.1. The van der Waals surface area contributed by atoms with Crippen LogP contribution in [0.1, 0.15) is 50.9 Å². The number of esters is 1. The van der Waals surface area contributed by atoms with E-state index >= 15 is 0 Å². The zero-order chi connectivity index (χ0) is 27.5. The zero-order valence-corrected chi connectivity index (χ0v) is 22.9. The number of pyridine rings is 2. The summed E-state index contributed by atoms with van der Waals surface area (Å²) in [5.74, 6) is 0.193. The molecule has 1 aliphatic heterocycles. The number of hydrogen-bond acceptors (Lipinski definition) is 9. The van der Waals surface area contributed by atoms with Gasteiger partial charge in [-0.2, -0.15) is 0 Å². The third-order valence-electron chi connectivity index (χ3n) is 5.85. The van der Waals surface area contributed by atoms with Gasteiger partial charge in [-0.05, 0) is 42.8 Å². The van der Waals surface area contributed by atoms with Crippen LogP contribution < -0.4 is 4.90 Å². The second-order valence-electron chi connectivity index (χ2n) is 9.12. The molecule has 204 valence electrons. The highest BCUT2D eigenvalue weighted by molar-refractivity contribution is 7.47. The molecule has 2 aromatic heterocycles. The summed E-state index contributed by atoms with van der Waals surface area (Å²) in [5, 5.41) is 0. The van der Waals surface area contributed by atoms with Crippen molar-refractivity contribution in [3.63, 3.8) is 0 Å². The fraction of sp³-hybridized carbons (Fsp3) is 0.500. The van der Waals surface area contributed by atoms with Gasteiger partial charge < -0.3 is 19.3 Å². The normalized spacial score (nSPS) is 21.7. The number of hydrogen-bond donors (Lipinski definition) is 1. The Kier molecular flexibility index (Phi) is 11.5. The fourth-order valence-electron chi connectivity index (χ4n) is 4.02. The first kappa shape index (κ1) is 30.0. The number of nitrogens with zero attached hydrogens (tertiary/aromatic N) is 3. The average molecular weight is 543 g/mol. The Morgan fingerprint density at radius 2 is 2.05 bits per heavy atom. The van der Waals surface area contributed by atoms with Crippen LogP contribution in [-0.4, -0.2) is 73.2 Å². The maximum atomic E-state index is 12.8. The topological polar surface area (TPSA) is 120 Å². The summed E-state index contributed by atoms with van der Waals surface area (Å²) in [7, 11) is 3.18. The van der Waals surface area contributed by atoms with Gasteiger partial charge in [0.15, 0.2) is 0 Å². The van der Waals surface area contributed by atoms with E-state index in [2.05, 4.69) is 9.97 Å². The lowest BCUT2D eigenvalue weighted by molar-refractivity contribution is -0.149. The summed E-state index contributed by atoms with van der Waals surface area (Å²) >= 11 is 0. The molecule has 38 heavy (non-hydrogen) atoms. The van der Waals surface area contributed by atoms with Gasteiger partial charge in [0.1, 0.15) is 25.9 Å². The van der Waals surface area contributed by atoms with Crippen molar-refractivity contribution in [2.75, 3.05) is 25.1 Å². The van der Waals surface area contributed by atoms with Crippen LogP contribution in [0, 0.1) is 0 Å². The van der Waals surface area contributed by atoms with Gasteiger partial charge in [0.2, 0.25) is 0 Å². The van der Waals surface area contributed by atoms with E-state index in [0.717, 1.165) is 24.2 Å². The summed E-state index contributed by atoms with van der Waals surface area (Å²) in [4.78, 5) is 32.6. The van der Waals surface area contributed by atoms with E-state index in [-0.39, 0.29) is 13.0 Å². The molecule has 5 atom stereocenters. The third kappa shape index (κ3) is 9.96. The second-order valence-corrected chi connectivity index (χ2v) is 10.5. The first-order valence-electron chi connectivity index (χ1n) is 12.7. The van der Waals surface area contributed by atoms with E-state index in [1.807, 2.05) is 67.4 Å². The molecule has 10 nitrogen and oxygen atoms in total. The minimum Gasteiger partial charge on any atom is -0.460 e. The van der Waals surface area contributed by atoms with Crippen molar-refractivity contribution >= 4 is 39.6 Å². The largest absolute Gasteiger partial charge is 0.472 e. The lowest BCUT2D eigenvalue weighted by atomic mass is 9.96. The summed E-state index contributed by atoms with van der Waals surface area (Å²) < 4.78 is 34.3. The number of aromatic nitrogens is 2. The first-order valence-corrected chi connectivity index (χ1v) is 14.2. The third-order valence-corrected chi connectivity index (χ3v) is 6.89. The van der Waals surface area contributed by atoms with Gasteiger partial charge in [0, 0.05) is 39.1 Å². The van der Waals surface area contributed by atoms with Crippen LogP contribution in [0.25, 0.3) is 12.2 Å². The van der Waals surface area contributed by atoms with Crippen LogP contribution in [0.5, 0.6) is 0 Å². The number of rotatable bonds is 14. The predicted molar refractivity (Wildman–Crippen MR) is 145 cm³/mol. The maximum Gasteiger partial charge on any atom is 0.472 e. The molecule has 1 aliphatic rings. The highest BCUT2D eigenvalue weighted by atomic mass is 31.2. The van der Waals surface area contributed by atoms with Crippen molar-refractivity contribution in [1.29, 1.82) is 0 Å². The molecule has 12 heteroatoms. The molecule has 3 unspecified atom stereocenters. The van der Waals surface area contributed by atoms with Gasteiger partial charge >= 0.3 is 13.8 Å². The number of phosphoric acid groups is 1. The summed E-state index contributed by atoms with van der Waals surface area (Å²) in [5.41, 5.74) is 1.57. The van der Waals surface area contributed by atoms with Gasteiger partial charge in [-0.25, -0.2) is 9.55 Å². The molecular formula is C26H35BN3O7P. The number of anilines is 1. The van der Waals surface area contributed by atoms with Gasteiger partial charge in [0.05, 0.1) is 24.1 Å². The molecule has 1 saturated heterocycles. The molecule has 0 aliphatic carbocycles. The van der Waals surface area contributed by atoms with E-state index in [9.17, 15) is 14.3 Å². The Morgan fingerprint density at radius 3 is 2.76 bits per heavy atom. The molecule has 1 N–H and O–H groups in total. The molecule has 0 aromatic carbocycles. The van der Waals surface area contributed by atoms with E-state index in [0.29, 0.717) is 18.8 Å². The van der Waals surface area contributed by atoms with Crippen LogP contribution in [0.4, 0.5) is 5.82 Å². The number of carbonyl (C=O) groups is 1. The number of ether oxygens (including phenoxy) is 2. The molecular weight excluding hydrogens is 508 g/mol. The smallest absolute Gasteiger partial charge is 0.460 e. The van der Waals surface area contributed by atoms with E-state index in [4.69, 9.17) is 26.4 Å². The summed E-state index contributed by atoms with van der Waals surface area (Å²) in [6.45, 7) is 3.32. The van der Waals surface area contributed by atoms with Crippen molar-refractivity contribution in [3.05, 3.63) is 54.0 Å². The van der Waals surface area contributed by atoms with Gasteiger partial charge in [-0.3, -0.25) is 18.8 Å². The van der Waals surface area contributed by atoms with E-state index in [1.54, 1.807) is 6.20 Å². The van der Waals surface area contributed by atoms with Crippen LogP contribution in [0.15, 0.2) is 42.6 Å². The van der Waals surface area contributed by atoms with Crippen LogP contribution in [-0.2, 0) is 27.9 Å². The van der Waals surface area contributed by atoms with Crippen LogP contribution in [0.3, 0.4) is 0 Å². The molecule has 0 spiro atoms. The molecule has 2 radical (unpaired) electrons. The highest BCUT2D eigenvalue weighted by Gasteiger charge is 2.38. The Bertz CT molecular complexity index is 1110. The number of unbranched alkanes of at least 4 members (excludes halogenated alkanes) is 1. The van der Waals surface area contributed by atoms with Gasteiger partial charge in [0.25, 0.3) is 0 Å². The second kappa shape index (κ2) is 14.6. The Labute approximate surface area is 225 Å². The summed E-state index contributed by atoms with van der Waals surface area (Å²) in [6.07, 6.45) is 5.98. The number of carbonyl (C=O) groups excluding carboxylic acids is 1. The van der Waals surface area contributed by atoms with Crippen molar-refractivity contribution in [2.24, 2.45) is 0 Å². The lowest BCUT2D eigenvalue weighted by Crippen LogP contribution is -2.32. The number of phosphoric ester groups is 1. The van der Waals surface area contributed by atoms with E-state index in [1.165, 1.54) is 6.92 Å². The van der Waals surface area contributed by atoms with Gasteiger partial charge in [-0.15, -0.1) is 0 Å². The van der Waals surface area contributed by atoms with E-state index < -0.39 is 38.1 Å². The molecule has 3 rings (SSSR count). The average Bonchev–Trinajstić information content (AvgIpc) is 3.23. The predicted octanol–water partition coefficient (Wildman–Crippen LogP) is 3.99. The van der Waals surface area contributed by atoms with Crippen molar-refractivity contribution in [1.82, 2.24) is 9.97 Å². The lowest BCUT2D eigenvalue weighted by Gasteiger charge is -2.27. The summed E-state index contributed by atoms with van der Waals surface area (Å²) in [6, 6.07) is 10.7. The molecule has 1 fully saturated rings. The van der Waals surface area contributed by atoms with Crippen molar-refractivity contribution < 1.29 is 32.8 Å². The number of likely N-dealkylation sites (N-methyl/N-ethyl adjacent to an activating group) is 1. The maximum absolute atomic E-state index is 12.8. The van der Waals surface area contributed by atoms with Crippen molar-refractivity contribution in [2.45, 2.75) is 63.8 Å². The minimum absolute atomic E-state index is 0.275. The van der Waals surface area contributed by atoms with Crippen molar-refractivity contribution in [3.8, 4) is 0 Å². The quantitative estimate of drug-likeness (QED) is 0.213. The Hall–Kier alpha value is -2.56. The fourth-order valence-corrected chi connectivity index (χ4v) is 4.96. The standard InChI is InChI=1S/C26H35BN3O7P/c1-4-5-11-22(37-38(32,33)34-18-24-23(35-19(2)31)16-25(27)36-24)17-30(3)26-12-8-10-21(29-26)14-13-20-9-6-7-15-28-20/h6-10,12-15,22-25H,4-5,11,16-18H2,1-3H3,(H,32,33)/b14-13+/t22?,23?,24-,25-/m1/s1. The molecule has 2 aromatic rings. The Morgan fingerprint density at radius 1 is 1.29 bits per heavy atom. The zero-order valence-electron chi connectivity index (χ0n) is 22.0. The monoisotopic (exact) mass is 543 g/mol. The SMILES string of the molecule is [B][C@H]1CC(OC(C)=O)[C@@H](COP(=O)(O)OC(CCCC)CN(C)c2cccc(/C=C/c3ccccn3)n2)O1. The Balaban J connectivity index is 1.61. The molecule has 3 heterocycles. The van der Waals surface area contributed by atoms with Crippen LogP contribution >= 0.6 is 7.82 Å². The van der Waals surface area contributed by atoms with Gasteiger partial charge in [-0.1, -0.05) is 31.9 Å². The highest BCUT2D eigenvalue weighted by Crippen LogP contribution is 2.46.